The van der Waals surface area contributed by atoms with E-state index in [4.69, 9.17) is 9.15 Å². The Balaban J connectivity index is 1.82. The van der Waals surface area contributed by atoms with Crippen LogP contribution in [0.4, 0.5) is 4.79 Å². The first-order chi connectivity index (χ1) is 9.35. The molecule has 2 rings (SSSR count). The second-order valence-electron chi connectivity index (χ2n) is 6.32. The summed E-state index contributed by atoms with van der Waals surface area (Å²) in [5, 5.41) is 3.49. The van der Waals surface area contributed by atoms with E-state index in [0.717, 1.165) is 18.7 Å². The number of ether oxygens (including phenoxy) is 1. The van der Waals surface area contributed by atoms with E-state index in [-0.39, 0.29) is 18.2 Å². The number of amides is 1. The van der Waals surface area contributed by atoms with Crippen molar-refractivity contribution in [2.45, 2.75) is 51.8 Å². The maximum Gasteiger partial charge on any atom is 0.410 e. The van der Waals surface area contributed by atoms with Gasteiger partial charge >= 0.3 is 6.09 Å². The molecule has 112 valence electrons. The Labute approximate surface area is 120 Å². The van der Waals surface area contributed by atoms with Gasteiger partial charge in [-0.3, -0.25) is 0 Å². The van der Waals surface area contributed by atoms with Crippen molar-refractivity contribution < 1.29 is 13.9 Å². The zero-order chi connectivity index (χ0) is 14.8. The molecule has 5 heteroatoms. The molecule has 1 aliphatic rings. The molecule has 2 atom stereocenters. The lowest BCUT2D eigenvalue weighted by atomic mass is 10.2. The number of furan rings is 1. The summed E-state index contributed by atoms with van der Waals surface area (Å²) in [4.78, 5) is 13.7. The minimum Gasteiger partial charge on any atom is -0.468 e. The molecular weight excluding hydrogens is 256 g/mol. The average molecular weight is 280 g/mol. The van der Waals surface area contributed by atoms with Crippen LogP contribution < -0.4 is 5.32 Å². The lowest BCUT2D eigenvalue weighted by Gasteiger charge is -2.24. The van der Waals surface area contributed by atoms with E-state index in [2.05, 4.69) is 12.2 Å². The molecule has 1 N–H and O–H groups in total. The Hall–Kier alpha value is -1.49. The van der Waals surface area contributed by atoms with Gasteiger partial charge in [0.2, 0.25) is 0 Å². The molecule has 0 saturated carbocycles. The second-order valence-corrected chi connectivity index (χ2v) is 6.32. The lowest BCUT2D eigenvalue weighted by Crippen LogP contribution is -2.38. The molecule has 2 heterocycles. The number of rotatable bonds is 3. The summed E-state index contributed by atoms with van der Waals surface area (Å²) in [6.45, 7) is 9.13. The Morgan fingerprint density at radius 2 is 2.30 bits per heavy atom. The predicted octanol–water partition coefficient (Wildman–Crippen LogP) is 2.94. The molecule has 0 bridgehead atoms. The fourth-order valence-corrected chi connectivity index (χ4v) is 2.36. The standard InChI is InChI=1S/C15H24N2O3/c1-11(13-6-5-9-19-13)16-12-7-8-17(10-12)14(18)20-15(2,3)4/h5-6,9,11-12,16H,7-8,10H2,1-4H3/t11-,12-/m0/s1. The van der Waals surface area contributed by atoms with Gasteiger partial charge in [-0.05, 0) is 46.2 Å². The summed E-state index contributed by atoms with van der Waals surface area (Å²) in [6, 6.07) is 4.27. The first-order valence-corrected chi connectivity index (χ1v) is 7.12. The molecule has 1 amide bonds. The van der Waals surface area contributed by atoms with Crippen LogP contribution in [0.3, 0.4) is 0 Å². The Kier molecular flexibility index (Phi) is 4.38. The van der Waals surface area contributed by atoms with Crippen molar-refractivity contribution in [2.24, 2.45) is 0 Å². The topological polar surface area (TPSA) is 54.7 Å². The molecule has 5 nitrogen and oxygen atoms in total. The molecule has 1 saturated heterocycles. The summed E-state index contributed by atoms with van der Waals surface area (Å²) in [7, 11) is 0. The first-order valence-electron chi connectivity index (χ1n) is 7.12. The van der Waals surface area contributed by atoms with Crippen LogP contribution in [0.1, 0.15) is 45.9 Å². The fourth-order valence-electron chi connectivity index (χ4n) is 2.36. The van der Waals surface area contributed by atoms with Gasteiger partial charge in [-0.1, -0.05) is 0 Å². The molecule has 0 aromatic carbocycles. The van der Waals surface area contributed by atoms with Gasteiger partial charge in [0.1, 0.15) is 11.4 Å². The van der Waals surface area contributed by atoms with Crippen molar-refractivity contribution in [2.75, 3.05) is 13.1 Å². The van der Waals surface area contributed by atoms with Gasteiger partial charge in [0.05, 0.1) is 12.3 Å². The first kappa shape index (κ1) is 14.9. The van der Waals surface area contributed by atoms with Gasteiger partial charge < -0.3 is 19.4 Å². The Bertz CT molecular complexity index is 436. The SMILES string of the molecule is C[C@H](N[C@H]1CCN(C(=O)OC(C)(C)C)C1)c1ccco1. The highest BCUT2D eigenvalue weighted by Gasteiger charge is 2.30. The molecule has 0 unspecified atom stereocenters. The number of carbonyl (C=O) groups is 1. The molecule has 0 spiro atoms. The summed E-state index contributed by atoms with van der Waals surface area (Å²) in [6.07, 6.45) is 2.38. The van der Waals surface area contributed by atoms with Crippen LogP contribution in [-0.2, 0) is 4.74 Å². The number of hydrogen-bond donors (Lipinski definition) is 1. The summed E-state index contributed by atoms with van der Waals surface area (Å²) in [5.74, 6) is 0.917. The maximum atomic E-state index is 12.0. The van der Waals surface area contributed by atoms with E-state index in [1.807, 2.05) is 32.9 Å². The van der Waals surface area contributed by atoms with Crippen LogP contribution in [0.15, 0.2) is 22.8 Å². The zero-order valence-electron chi connectivity index (χ0n) is 12.7. The zero-order valence-corrected chi connectivity index (χ0v) is 12.7. The molecule has 20 heavy (non-hydrogen) atoms. The van der Waals surface area contributed by atoms with Gasteiger partial charge in [0.15, 0.2) is 0 Å². The third-order valence-corrected chi connectivity index (χ3v) is 3.30. The van der Waals surface area contributed by atoms with Crippen molar-refractivity contribution >= 4 is 6.09 Å². The van der Waals surface area contributed by atoms with Crippen molar-refractivity contribution in [3.05, 3.63) is 24.2 Å². The largest absolute Gasteiger partial charge is 0.468 e. The highest BCUT2D eigenvalue weighted by Crippen LogP contribution is 2.19. The molecule has 0 radical (unpaired) electrons. The van der Waals surface area contributed by atoms with Gasteiger partial charge in [0.25, 0.3) is 0 Å². The van der Waals surface area contributed by atoms with Crippen LogP contribution in [0, 0.1) is 0 Å². The van der Waals surface area contributed by atoms with E-state index >= 15 is 0 Å². The number of nitrogens with zero attached hydrogens (tertiary/aromatic N) is 1. The van der Waals surface area contributed by atoms with E-state index in [9.17, 15) is 4.79 Å². The van der Waals surface area contributed by atoms with Crippen molar-refractivity contribution in [3.8, 4) is 0 Å². The van der Waals surface area contributed by atoms with Gasteiger partial charge in [-0.2, -0.15) is 0 Å². The van der Waals surface area contributed by atoms with Crippen molar-refractivity contribution in [1.82, 2.24) is 10.2 Å². The van der Waals surface area contributed by atoms with Gasteiger partial charge in [-0.25, -0.2) is 4.79 Å². The smallest absolute Gasteiger partial charge is 0.410 e. The monoisotopic (exact) mass is 280 g/mol. The van der Waals surface area contributed by atoms with Crippen LogP contribution in [0.25, 0.3) is 0 Å². The Morgan fingerprint density at radius 1 is 1.55 bits per heavy atom. The third-order valence-electron chi connectivity index (χ3n) is 3.30. The van der Waals surface area contributed by atoms with Gasteiger partial charge in [-0.15, -0.1) is 0 Å². The summed E-state index contributed by atoms with van der Waals surface area (Å²) in [5.41, 5.74) is -0.440. The number of hydrogen-bond acceptors (Lipinski definition) is 4. The summed E-state index contributed by atoms with van der Waals surface area (Å²) < 4.78 is 10.8. The van der Waals surface area contributed by atoms with Crippen molar-refractivity contribution in [1.29, 1.82) is 0 Å². The van der Waals surface area contributed by atoms with E-state index in [1.165, 1.54) is 0 Å². The maximum absolute atomic E-state index is 12.0. The van der Waals surface area contributed by atoms with Crippen LogP contribution in [-0.4, -0.2) is 35.7 Å². The highest BCUT2D eigenvalue weighted by atomic mass is 16.6. The van der Waals surface area contributed by atoms with Crippen LogP contribution in [0.5, 0.6) is 0 Å². The summed E-state index contributed by atoms with van der Waals surface area (Å²) >= 11 is 0. The number of nitrogens with one attached hydrogen (secondary N) is 1. The molecule has 1 aromatic rings. The highest BCUT2D eigenvalue weighted by molar-refractivity contribution is 5.68. The third kappa shape index (κ3) is 4.00. The second kappa shape index (κ2) is 5.87. The van der Waals surface area contributed by atoms with Crippen LogP contribution in [0.2, 0.25) is 0 Å². The van der Waals surface area contributed by atoms with E-state index in [1.54, 1.807) is 11.2 Å². The number of carbonyl (C=O) groups excluding carboxylic acids is 1. The Morgan fingerprint density at radius 3 is 2.90 bits per heavy atom. The fraction of sp³-hybridized carbons (Fsp3) is 0.667. The minimum atomic E-state index is -0.440. The normalized spacial score (nSPS) is 21.0. The van der Waals surface area contributed by atoms with E-state index < -0.39 is 5.60 Å². The molecule has 1 aromatic heterocycles. The van der Waals surface area contributed by atoms with Crippen molar-refractivity contribution in [3.63, 3.8) is 0 Å². The average Bonchev–Trinajstić information content (AvgIpc) is 2.97. The number of likely N-dealkylation sites (tertiary alicyclic amines) is 1. The molecule has 1 aliphatic heterocycles. The van der Waals surface area contributed by atoms with E-state index in [0.29, 0.717) is 6.54 Å². The predicted molar refractivity (Wildman–Crippen MR) is 76.5 cm³/mol. The minimum absolute atomic E-state index is 0.147. The molecular formula is C15H24N2O3. The quantitative estimate of drug-likeness (QED) is 0.925. The van der Waals surface area contributed by atoms with Crippen LogP contribution >= 0.6 is 0 Å². The molecule has 1 fully saturated rings. The lowest BCUT2D eigenvalue weighted by molar-refractivity contribution is 0.0290. The molecule has 0 aliphatic carbocycles. The van der Waals surface area contributed by atoms with Gasteiger partial charge in [0, 0.05) is 19.1 Å².